The van der Waals surface area contributed by atoms with Crippen molar-refractivity contribution in [2.24, 2.45) is 0 Å². The first-order valence-corrected chi connectivity index (χ1v) is 18.1. The highest BCUT2D eigenvalue weighted by Crippen LogP contribution is 2.44. The van der Waals surface area contributed by atoms with Gasteiger partial charge in [0.25, 0.3) is 0 Å². The maximum absolute atomic E-state index is 6.32. The molecule has 254 valence electrons. The van der Waals surface area contributed by atoms with Gasteiger partial charge in [-0.15, -0.1) is 0 Å². The molecular formula is C49H31N3O2. The first kappa shape index (κ1) is 30.3. The SMILES string of the molecule is c1ccc(-c2nc3cc4c(cc3o2)oc2ccc(-c3ccc(N(c5ccccc5)c5cccc6c7ccccc7n(-c7ccccc7)c56)cc3)cc24)cc1. The Morgan fingerprint density at radius 1 is 0.426 bits per heavy atom. The third-order valence-corrected chi connectivity index (χ3v) is 10.4. The molecule has 0 saturated carbocycles. The number of nitrogens with zero attached hydrogens (tertiary/aromatic N) is 3. The fourth-order valence-corrected chi connectivity index (χ4v) is 7.92. The number of para-hydroxylation sites is 4. The number of hydrogen-bond donors (Lipinski definition) is 0. The lowest BCUT2D eigenvalue weighted by atomic mass is 10.0. The number of furan rings is 1. The van der Waals surface area contributed by atoms with Crippen LogP contribution in [-0.2, 0) is 0 Å². The molecule has 0 aliphatic rings. The number of aromatic nitrogens is 2. The van der Waals surface area contributed by atoms with Gasteiger partial charge in [0, 0.05) is 50.2 Å². The van der Waals surface area contributed by atoms with Gasteiger partial charge in [-0.3, -0.25) is 0 Å². The van der Waals surface area contributed by atoms with Crippen molar-refractivity contribution in [3.63, 3.8) is 0 Å². The van der Waals surface area contributed by atoms with E-state index in [0.717, 1.165) is 72.4 Å². The Bertz CT molecular complexity index is 3140. The Hall–Kier alpha value is -7.37. The molecule has 0 aliphatic heterocycles. The fourth-order valence-electron chi connectivity index (χ4n) is 7.92. The summed E-state index contributed by atoms with van der Waals surface area (Å²) in [5, 5.41) is 4.50. The molecule has 0 aliphatic carbocycles. The second kappa shape index (κ2) is 12.1. The molecule has 3 heterocycles. The van der Waals surface area contributed by atoms with Crippen molar-refractivity contribution in [3.8, 4) is 28.3 Å². The van der Waals surface area contributed by atoms with Gasteiger partial charge in [0.05, 0.1) is 16.7 Å². The lowest BCUT2D eigenvalue weighted by Crippen LogP contribution is -2.11. The maximum atomic E-state index is 6.32. The van der Waals surface area contributed by atoms with E-state index in [2.05, 4.69) is 161 Å². The standard InChI is InChI=1S/C49H31N3O2/c1-4-13-33(14-5-1)49-50-42-30-41-40-29-34(25-28-45(40)53-46(41)31-47(42)54-49)32-23-26-37(27-24-32)51(35-15-6-2-7-16-35)44-22-12-20-39-38-19-10-11-21-43(38)52(48(39)44)36-17-8-3-9-18-36/h1-31H. The average Bonchev–Trinajstić information content (AvgIpc) is 3.93. The molecule has 0 bridgehead atoms. The Balaban J connectivity index is 1.03. The van der Waals surface area contributed by atoms with Gasteiger partial charge >= 0.3 is 0 Å². The number of anilines is 3. The lowest BCUT2D eigenvalue weighted by molar-refractivity contribution is 0.617. The highest BCUT2D eigenvalue weighted by Gasteiger charge is 2.21. The third kappa shape index (κ3) is 4.83. The summed E-state index contributed by atoms with van der Waals surface area (Å²) in [6, 6.07) is 65.8. The maximum Gasteiger partial charge on any atom is 0.227 e. The predicted octanol–water partition coefficient (Wildman–Crippen LogP) is 13.6. The van der Waals surface area contributed by atoms with Crippen LogP contribution in [0.4, 0.5) is 17.1 Å². The van der Waals surface area contributed by atoms with Crippen LogP contribution >= 0.6 is 0 Å². The van der Waals surface area contributed by atoms with Crippen molar-refractivity contribution in [1.29, 1.82) is 0 Å². The summed E-state index contributed by atoms with van der Waals surface area (Å²) in [5.41, 5.74) is 13.0. The molecule has 0 unspecified atom stereocenters. The van der Waals surface area contributed by atoms with Gasteiger partial charge in [-0.25, -0.2) is 4.98 Å². The summed E-state index contributed by atoms with van der Waals surface area (Å²) in [5.74, 6) is 0.602. The van der Waals surface area contributed by atoms with Crippen LogP contribution in [0, 0.1) is 0 Å². The largest absolute Gasteiger partial charge is 0.456 e. The quantitative estimate of drug-likeness (QED) is 0.174. The van der Waals surface area contributed by atoms with E-state index in [9.17, 15) is 0 Å². The summed E-state index contributed by atoms with van der Waals surface area (Å²) in [6.45, 7) is 0. The topological polar surface area (TPSA) is 47.3 Å². The number of oxazole rings is 1. The van der Waals surface area contributed by atoms with E-state index in [4.69, 9.17) is 13.8 Å². The number of benzene rings is 8. The van der Waals surface area contributed by atoms with E-state index in [1.165, 1.54) is 16.3 Å². The molecule has 0 amide bonds. The molecule has 3 aromatic heterocycles. The Morgan fingerprint density at radius 3 is 1.91 bits per heavy atom. The van der Waals surface area contributed by atoms with E-state index >= 15 is 0 Å². The van der Waals surface area contributed by atoms with E-state index in [-0.39, 0.29) is 0 Å². The third-order valence-electron chi connectivity index (χ3n) is 10.4. The predicted molar refractivity (Wildman–Crippen MR) is 221 cm³/mol. The zero-order chi connectivity index (χ0) is 35.6. The summed E-state index contributed by atoms with van der Waals surface area (Å²) < 4.78 is 14.8. The molecule has 0 saturated heterocycles. The molecule has 5 nitrogen and oxygen atoms in total. The Kier molecular flexibility index (Phi) is 6.79. The van der Waals surface area contributed by atoms with E-state index in [0.29, 0.717) is 11.5 Å². The minimum absolute atomic E-state index is 0.602. The molecule has 0 atom stereocenters. The monoisotopic (exact) mass is 693 g/mol. The van der Waals surface area contributed by atoms with Crippen molar-refractivity contribution >= 4 is 71.9 Å². The minimum atomic E-state index is 0.602. The van der Waals surface area contributed by atoms with E-state index in [1.807, 2.05) is 36.4 Å². The zero-order valence-corrected chi connectivity index (χ0v) is 29.1. The van der Waals surface area contributed by atoms with Gasteiger partial charge in [0.1, 0.15) is 16.7 Å². The zero-order valence-electron chi connectivity index (χ0n) is 29.1. The summed E-state index contributed by atoms with van der Waals surface area (Å²) in [4.78, 5) is 7.18. The normalized spacial score (nSPS) is 11.7. The second-order valence-electron chi connectivity index (χ2n) is 13.6. The van der Waals surface area contributed by atoms with Crippen LogP contribution < -0.4 is 4.90 Å². The van der Waals surface area contributed by atoms with Crippen LogP contribution in [0.3, 0.4) is 0 Å². The van der Waals surface area contributed by atoms with Crippen molar-refractivity contribution in [2.45, 2.75) is 0 Å². The smallest absolute Gasteiger partial charge is 0.227 e. The molecule has 0 spiro atoms. The Labute approximate surface area is 310 Å². The number of hydrogen-bond acceptors (Lipinski definition) is 4. The van der Waals surface area contributed by atoms with Gasteiger partial charge < -0.3 is 18.3 Å². The minimum Gasteiger partial charge on any atom is -0.456 e. The molecule has 0 N–H and O–H groups in total. The summed E-state index contributed by atoms with van der Waals surface area (Å²) in [6.07, 6.45) is 0. The van der Waals surface area contributed by atoms with Gasteiger partial charge in [-0.05, 0) is 90.0 Å². The fraction of sp³-hybridized carbons (Fsp3) is 0. The molecule has 0 radical (unpaired) electrons. The molecule has 0 fully saturated rings. The summed E-state index contributed by atoms with van der Waals surface area (Å²) in [7, 11) is 0. The van der Waals surface area contributed by atoms with Crippen LogP contribution in [0.15, 0.2) is 197 Å². The first-order valence-electron chi connectivity index (χ1n) is 18.1. The molecule has 54 heavy (non-hydrogen) atoms. The number of rotatable bonds is 6. The molecular weight excluding hydrogens is 663 g/mol. The van der Waals surface area contributed by atoms with Gasteiger partial charge in [0.2, 0.25) is 5.89 Å². The van der Waals surface area contributed by atoms with Gasteiger partial charge in [-0.1, -0.05) is 103 Å². The van der Waals surface area contributed by atoms with Crippen LogP contribution in [0.1, 0.15) is 0 Å². The molecule has 8 aromatic carbocycles. The van der Waals surface area contributed by atoms with Crippen molar-refractivity contribution in [1.82, 2.24) is 9.55 Å². The van der Waals surface area contributed by atoms with Crippen LogP contribution in [0.5, 0.6) is 0 Å². The second-order valence-corrected chi connectivity index (χ2v) is 13.6. The van der Waals surface area contributed by atoms with Gasteiger partial charge in [0.15, 0.2) is 5.58 Å². The molecule has 11 rings (SSSR count). The lowest BCUT2D eigenvalue weighted by Gasteiger charge is -2.27. The highest BCUT2D eigenvalue weighted by atomic mass is 16.4. The summed E-state index contributed by atoms with van der Waals surface area (Å²) >= 11 is 0. The van der Waals surface area contributed by atoms with E-state index < -0.39 is 0 Å². The molecule has 11 aromatic rings. The number of fused-ring (bicyclic) bond motifs is 7. The van der Waals surface area contributed by atoms with Crippen molar-refractivity contribution in [3.05, 3.63) is 188 Å². The van der Waals surface area contributed by atoms with Crippen LogP contribution in [-0.4, -0.2) is 9.55 Å². The average molecular weight is 694 g/mol. The first-order chi connectivity index (χ1) is 26.8. The van der Waals surface area contributed by atoms with Gasteiger partial charge in [-0.2, -0.15) is 0 Å². The Morgan fingerprint density at radius 2 is 1.09 bits per heavy atom. The van der Waals surface area contributed by atoms with Crippen LogP contribution in [0.25, 0.3) is 83.1 Å². The van der Waals surface area contributed by atoms with E-state index in [1.54, 1.807) is 0 Å². The van der Waals surface area contributed by atoms with Crippen molar-refractivity contribution < 1.29 is 8.83 Å². The van der Waals surface area contributed by atoms with Crippen molar-refractivity contribution in [2.75, 3.05) is 4.90 Å². The molecule has 5 heteroatoms. The van der Waals surface area contributed by atoms with Crippen LogP contribution in [0.2, 0.25) is 0 Å². The highest BCUT2D eigenvalue weighted by molar-refractivity contribution is 6.14.